The fraction of sp³-hybridized carbons (Fsp3) is 0.320. The minimum Gasteiger partial charge on any atom is -0.481 e. The van der Waals surface area contributed by atoms with Gasteiger partial charge in [-0.15, -0.1) is 11.8 Å². The number of carboxylic acid groups (broad SMARTS) is 1. The lowest BCUT2D eigenvalue weighted by Crippen LogP contribution is -2.42. The third kappa shape index (κ3) is 8.77. The van der Waals surface area contributed by atoms with E-state index in [1.807, 2.05) is 35.2 Å². The zero-order valence-corrected chi connectivity index (χ0v) is 21.3. The standard InChI is InChI=1S/C25H29N3O3S3/c1-26-15-24(32-17-23(29)30)33-18-27-25(31)28(16-19-7-5-6-8-19)20-11-13-22(14-12-20)34-21-9-3-2-4-10-21/h2-4,9-15,19H,1,5-8,16-18H2,(H,27,31)(H,29,30)/b24-15-. The molecule has 2 aromatic carbocycles. The zero-order valence-electron chi connectivity index (χ0n) is 18.9. The van der Waals surface area contributed by atoms with Crippen molar-refractivity contribution in [2.75, 3.05) is 23.1 Å². The van der Waals surface area contributed by atoms with E-state index in [0.717, 1.165) is 35.2 Å². The molecule has 0 saturated heterocycles. The SMILES string of the molecule is C=N/C=C(\SCNC(=O)N(CC1CCCC1)c1ccc(Sc2ccccc2)cc1)SCC(=O)O. The van der Waals surface area contributed by atoms with Crippen molar-refractivity contribution in [3.8, 4) is 0 Å². The maximum atomic E-state index is 13.2. The van der Waals surface area contributed by atoms with E-state index in [0.29, 0.717) is 22.6 Å². The van der Waals surface area contributed by atoms with Gasteiger partial charge in [0.05, 0.1) is 15.9 Å². The molecule has 2 amide bonds. The lowest BCUT2D eigenvalue weighted by molar-refractivity contribution is -0.133. The summed E-state index contributed by atoms with van der Waals surface area (Å²) in [7, 11) is 0. The number of aliphatic carboxylic acids is 1. The van der Waals surface area contributed by atoms with Gasteiger partial charge in [-0.3, -0.25) is 14.7 Å². The number of carboxylic acids is 1. The van der Waals surface area contributed by atoms with E-state index >= 15 is 0 Å². The molecule has 6 nitrogen and oxygen atoms in total. The minimum atomic E-state index is -0.902. The van der Waals surface area contributed by atoms with Crippen LogP contribution < -0.4 is 10.2 Å². The topological polar surface area (TPSA) is 82.0 Å². The second-order valence-corrected chi connectivity index (χ2v) is 11.2. The molecule has 9 heteroatoms. The zero-order chi connectivity index (χ0) is 24.2. The smallest absolute Gasteiger partial charge is 0.322 e. The van der Waals surface area contributed by atoms with Gasteiger partial charge in [0.15, 0.2) is 0 Å². The fourth-order valence-electron chi connectivity index (χ4n) is 3.66. The first-order valence-corrected chi connectivity index (χ1v) is 13.9. The molecule has 1 aliphatic rings. The van der Waals surface area contributed by atoms with Crippen molar-refractivity contribution in [3.05, 3.63) is 65.0 Å². The predicted octanol–water partition coefficient (Wildman–Crippen LogP) is 6.55. The van der Waals surface area contributed by atoms with Gasteiger partial charge in [0.2, 0.25) is 0 Å². The molecule has 0 atom stereocenters. The summed E-state index contributed by atoms with van der Waals surface area (Å²) in [6.45, 7) is 4.12. The van der Waals surface area contributed by atoms with E-state index in [1.54, 1.807) is 11.8 Å². The molecule has 0 aromatic heterocycles. The molecule has 0 bridgehead atoms. The molecular weight excluding hydrogens is 486 g/mol. The molecule has 180 valence electrons. The van der Waals surface area contributed by atoms with E-state index in [-0.39, 0.29) is 11.8 Å². The summed E-state index contributed by atoms with van der Waals surface area (Å²) in [5.74, 6) is -0.149. The number of aliphatic imine (C=N–C) groups is 1. The Bertz CT molecular complexity index is 978. The average Bonchev–Trinajstić information content (AvgIpc) is 3.35. The highest BCUT2D eigenvalue weighted by Crippen LogP contribution is 2.32. The van der Waals surface area contributed by atoms with E-state index in [9.17, 15) is 9.59 Å². The minimum absolute atomic E-state index is 0.0660. The molecule has 0 spiro atoms. The number of carbonyl (C=O) groups is 2. The van der Waals surface area contributed by atoms with Crippen LogP contribution in [0.2, 0.25) is 0 Å². The third-order valence-corrected chi connectivity index (χ3v) is 8.44. The van der Waals surface area contributed by atoms with E-state index in [1.165, 1.54) is 35.7 Å². The highest BCUT2D eigenvalue weighted by molar-refractivity contribution is 8.22. The summed E-state index contributed by atoms with van der Waals surface area (Å²) in [6.07, 6.45) is 6.23. The largest absolute Gasteiger partial charge is 0.481 e. The maximum Gasteiger partial charge on any atom is 0.322 e. The van der Waals surface area contributed by atoms with Crippen LogP contribution in [0.15, 0.2) is 79.8 Å². The number of nitrogens with zero attached hydrogens (tertiary/aromatic N) is 2. The Hall–Kier alpha value is -2.36. The van der Waals surface area contributed by atoms with Gasteiger partial charge in [-0.1, -0.05) is 54.6 Å². The second-order valence-electron chi connectivity index (χ2n) is 7.75. The summed E-state index contributed by atoms with van der Waals surface area (Å²) in [5, 5.41) is 11.9. The summed E-state index contributed by atoms with van der Waals surface area (Å²) in [4.78, 5) is 31.8. The van der Waals surface area contributed by atoms with Gasteiger partial charge in [-0.05, 0) is 61.9 Å². The number of carbonyl (C=O) groups excluding carboxylic acids is 1. The maximum absolute atomic E-state index is 13.2. The molecule has 2 aromatic rings. The van der Waals surface area contributed by atoms with Crippen LogP contribution in [-0.4, -0.2) is 42.0 Å². The lowest BCUT2D eigenvalue weighted by Gasteiger charge is -2.26. The number of nitrogens with one attached hydrogen (secondary N) is 1. The van der Waals surface area contributed by atoms with E-state index in [2.05, 4.69) is 41.3 Å². The summed E-state index contributed by atoms with van der Waals surface area (Å²) in [6, 6.07) is 18.2. The summed E-state index contributed by atoms with van der Waals surface area (Å²) >= 11 is 4.19. The molecule has 2 N–H and O–H groups in total. The number of hydrogen-bond acceptors (Lipinski definition) is 6. The highest BCUT2D eigenvalue weighted by Gasteiger charge is 2.23. The lowest BCUT2D eigenvalue weighted by atomic mass is 10.1. The van der Waals surface area contributed by atoms with Crippen LogP contribution in [0.1, 0.15) is 25.7 Å². The normalized spacial score (nSPS) is 14.1. The molecule has 0 unspecified atom stereocenters. The monoisotopic (exact) mass is 515 g/mol. The van der Waals surface area contributed by atoms with Crippen LogP contribution in [0.3, 0.4) is 0 Å². The van der Waals surface area contributed by atoms with Crippen LogP contribution >= 0.6 is 35.3 Å². The number of hydrogen-bond donors (Lipinski definition) is 2. The van der Waals surface area contributed by atoms with Gasteiger partial charge in [0, 0.05) is 28.2 Å². The molecular formula is C25H29N3O3S3. The van der Waals surface area contributed by atoms with E-state index < -0.39 is 5.97 Å². The number of amides is 2. The molecule has 0 radical (unpaired) electrons. The molecule has 1 aliphatic carbocycles. The molecule has 1 fully saturated rings. The van der Waals surface area contributed by atoms with E-state index in [4.69, 9.17) is 5.11 Å². The first-order chi connectivity index (χ1) is 16.5. The molecule has 0 heterocycles. The predicted molar refractivity (Wildman–Crippen MR) is 145 cm³/mol. The van der Waals surface area contributed by atoms with Crippen molar-refractivity contribution in [3.63, 3.8) is 0 Å². The van der Waals surface area contributed by atoms with Crippen molar-refractivity contribution in [1.82, 2.24) is 5.32 Å². The summed E-state index contributed by atoms with van der Waals surface area (Å²) in [5.41, 5.74) is 0.871. The Morgan fingerprint density at radius 3 is 2.38 bits per heavy atom. The molecule has 0 aliphatic heterocycles. The fourth-order valence-corrected chi connectivity index (χ4v) is 6.09. The van der Waals surface area contributed by atoms with Crippen molar-refractivity contribution < 1.29 is 14.7 Å². The number of benzene rings is 2. The Morgan fingerprint density at radius 2 is 1.74 bits per heavy atom. The number of anilines is 1. The van der Waals surface area contributed by atoms with Crippen LogP contribution in [0.25, 0.3) is 0 Å². The highest BCUT2D eigenvalue weighted by atomic mass is 32.2. The molecule has 1 saturated carbocycles. The molecule has 3 rings (SSSR count). The van der Waals surface area contributed by atoms with Gasteiger partial charge in [0.25, 0.3) is 0 Å². The number of urea groups is 1. The first-order valence-electron chi connectivity index (χ1n) is 11.1. The van der Waals surface area contributed by atoms with Gasteiger partial charge in [-0.25, -0.2) is 4.79 Å². The number of rotatable bonds is 12. The quantitative estimate of drug-likeness (QED) is 0.246. The van der Waals surface area contributed by atoms with Gasteiger partial charge >= 0.3 is 12.0 Å². The Labute approximate surface area is 213 Å². The van der Waals surface area contributed by atoms with Gasteiger partial charge < -0.3 is 10.4 Å². The van der Waals surface area contributed by atoms with Crippen LogP contribution in [0.5, 0.6) is 0 Å². The Balaban J connectivity index is 1.63. The Morgan fingerprint density at radius 1 is 1.06 bits per heavy atom. The Kier molecular flexibility index (Phi) is 10.9. The van der Waals surface area contributed by atoms with Crippen LogP contribution in [0, 0.1) is 5.92 Å². The van der Waals surface area contributed by atoms with Crippen molar-refractivity contribution in [1.29, 1.82) is 0 Å². The van der Waals surface area contributed by atoms with Crippen molar-refractivity contribution in [2.24, 2.45) is 10.9 Å². The second kappa shape index (κ2) is 14.1. The van der Waals surface area contributed by atoms with Gasteiger partial charge in [0.1, 0.15) is 0 Å². The third-order valence-electron chi connectivity index (χ3n) is 5.26. The summed E-state index contributed by atoms with van der Waals surface area (Å²) < 4.78 is 0.697. The van der Waals surface area contributed by atoms with Crippen molar-refractivity contribution >= 4 is 59.7 Å². The van der Waals surface area contributed by atoms with Crippen LogP contribution in [0.4, 0.5) is 10.5 Å². The first kappa shape index (κ1) is 26.2. The van der Waals surface area contributed by atoms with Gasteiger partial charge in [-0.2, -0.15) is 0 Å². The average molecular weight is 516 g/mol. The van der Waals surface area contributed by atoms with Crippen molar-refractivity contribution in [2.45, 2.75) is 35.5 Å². The number of thioether (sulfide) groups is 2. The van der Waals surface area contributed by atoms with Crippen LogP contribution in [-0.2, 0) is 4.79 Å². The molecule has 34 heavy (non-hydrogen) atoms.